The number of rotatable bonds is 0. The zero-order chi connectivity index (χ0) is 9.05. The number of fused-ring (bicyclic) bond motifs is 6. The van der Waals surface area contributed by atoms with Crippen LogP contribution in [0.3, 0.4) is 0 Å². The fourth-order valence-electron chi connectivity index (χ4n) is 2.70. The Morgan fingerprint density at radius 2 is 2.38 bits per heavy atom. The summed E-state index contributed by atoms with van der Waals surface area (Å²) in [6, 6.07) is 0. The molecule has 0 aromatic heterocycles. The quantitative estimate of drug-likeness (QED) is 0.437. The third-order valence-corrected chi connectivity index (χ3v) is 4.02. The van der Waals surface area contributed by atoms with Crippen molar-refractivity contribution < 1.29 is 9.53 Å². The summed E-state index contributed by atoms with van der Waals surface area (Å²) in [6.45, 7) is 0. The third kappa shape index (κ3) is 0.856. The van der Waals surface area contributed by atoms with E-state index in [4.69, 9.17) is 16.3 Å². The van der Waals surface area contributed by atoms with Crippen molar-refractivity contribution in [2.75, 3.05) is 0 Å². The van der Waals surface area contributed by atoms with Gasteiger partial charge in [0.1, 0.15) is 11.0 Å². The van der Waals surface area contributed by atoms with Gasteiger partial charge in [-0.05, 0) is 12.8 Å². The summed E-state index contributed by atoms with van der Waals surface area (Å²) in [5.41, 5.74) is 0. The molecule has 2 heterocycles. The van der Waals surface area contributed by atoms with Crippen LogP contribution in [-0.4, -0.2) is 22.9 Å². The molecule has 0 N–H and O–H groups in total. The highest BCUT2D eigenvalue weighted by atomic mass is 35.5. The second-order valence-corrected chi connectivity index (χ2v) is 4.81. The highest BCUT2D eigenvalue weighted by Gasteiger charge is 2.57. The summed E-state index contributed by atoms with van der Waals surface area (Å²) in [5, 5.41) is 0. The van der Waals surface area contributed by atoms with Gasteiger partial charge in [-0.1, -0.05) is 18.6 Å². The Morgan fingerprint density at radius 1 is 1.54 bits per heavy atom. The number of alkyl halides is 1. The predicted molar refractivity (Wildman–Crippen MR) is 48.7 cm³/mol. The second-order valence-electron chi connectivity index (χ2n) is 4.13. The standard InChI is InChI=1S/C10H11ClO2/c11-10-5-1-2-6(9(10)12)7-3-4-8(10)13-7/h3-4,6-8H,1-2,5H2. The van der Waals surface area contributed by atoms with Crippen LogP contribution < -0.4 is 0 Å². The summed E-state index contributed by atoms with van der Waals surface area (Å²) in [7, 11) is 0. The fourth-order valence-corrected chi connectivity index (χ4v) is 3.10. The molecule has 1 aliphatic carbocycles. The molecule has 1 saturated carbocycles. The largest absolute Gasteiger partial charge is 0.364 e. The summed E-state index contributed by atoms with van der Waals surface area (Å²) in [6.07, 6.45) is 6.58. The lowest BCUT2D eigenvalue weighted by atomic mass is 9.74. The molecule has 13 heavy (non-hydrogen) atoms. The second kappa shape index (κ2) is 2.37. The first-order valence-electron chi connectivity index (χ1n) is 4.79. The molecular formula is C10H11ClO2. The van der Waals surface area contributed by atoms with Crippen LogP contribution in [0, 0.1) is 5.92 Å². The van der Waals surface area contributed by atoms with Gasteiger partial charge in [-0.15, -0.1) is 11.6 Å². The number of halogens is 1. The molecular weight excluding hydrogens is 188 g/mol. The molecule has 4 bridgehead atoms. The van der Waals surface area contributed by atoms with Crippen LogP contribution in [-0.2, 0) is 9.53 Å². The number of hydrogen-bond acceptors (Lipinski definition) is 2. The maximum absolute atomic E-state index is 11.9. The lowest BCUT2D eigenvalue weighted by molar-refractivity contribution is -0.146. The number of ether oxygens (including phenoxy) is 1. The topological polar surface area (TPSA) is 26.3 Å². The van der Waals surface area contributed by atoms with E-state index >= 15 is 0 Å². The monoisotopic (exact) mass is 198 g/mol. The van der Waals surface area contributed by atoms with E-state index in [2.05, 4.69) is 0 Å². The van der Waals surface area contributed by atoms with Gasteiger partial charge in [0.15, 0.2) is 5.78 Å². The Hall–Kier alpha value is -0.340. The Morgan fingerprint density at radius 3 is 3.23 bits per heavy atom. The van der Waals surface area contributed by atoms with Gasteiger partial charge in [0.25, 0.3) is 0 Å². The van der Waals surface area contributed by atoms with Gasteiger partial charge in [-0.3, -0.25) is 4.79 Å². The summed E-state index contributed by atoms with van der Waals surface area (Å²) >= 11 is 6.32. The molecule has 70 valence electrons. The molecule has 2 nitrogen and oxygen atoms in total. The molecule has 3 aliphatic rings. The number of carbonyl (C=O) groups excluding carboxylic acids is 1. The van der Waals surface area contributed by atoms with E-state index in [1.54, 1.807) is 0 Å². The van der Waals surface area contributed by atoms with E-state index in [9.17, 15) is 4.79 Å². The fraction of sp³-hybridized carbons (Fsp3) is 0.700. The average molecular weight is 199 g/mol. The molecule has 0 aromatic rings. The number of hydrogen-bond donors (Lipinski definition) is 0. The Kier molecular flexibility index (Phi) is 1.46. The SMILES string of the molecule is O=C1C2CCCC1(Cl)C1C=CC2O1. The minimum absolute atomic E-state index is 0.0182. The summed E-state index contributed by atoms with van der Waals surface area (Å²) in [4.78, 5) is 11.2. The molecule has 0 aromatic carbocycles. The van der Waals surface area contributed by atoms with Gasteiger partial charge in [-0.2, -0.15) is 0 Å². The van der Waals surface area contributed by atoms with Gasteiger partial charge < -0.3 is 4.74 Å². The van der Waals surface area contributed by atoms with Crippen LogP contribution in [0.15, 0.2) is 12.2 Å². The molecule has 4 atom stereocenters. The first-order valence-corrected chi connectivity index (χ1v) is 5.16. The Labute approximate surface area is 81.9 Å². The van der Waals surface area contributed by atoms with Crippen molar-refractivity contribution in [2.45, 2.75) is 36.3 Å². The van der Waals surface area contributed by atoms with Crippen molar-refractivity contribution in [1.29, 1.82) is 0 Å². The zero-order valence-corrected chi connectivity index (χ0v) is 7.96. The molecule has 4 unspecified atom stereocenters. The number of ketones is 1. The van der Waals surface area contributed by atoms with Crippen LogP contribution in [0.1, 0.15) is 19.3 Å². The van der Waals surface area contributed by atoms with E-state index in [-0.39, 0.29) is 23.9 Å². The first kappa shape index (κ1) is 8.01. The van der Waals surface area contributed by atoms with Crippen LogP contribution in [0.25, 0.3) is 0 Å². The van der Waals surface area contributed by atoms with Gasteiger partial charge in [0, 0.05) is 5.92 Å². The van der Waals surface area contributed by atoms with Crippen LogP contribution in [0.4, 0.5) is 0 Å². The van der Waals surface area contributed by atoms with Crippen LogP contribution >= 0.6 is 11.6 Å². The van der Waals surface area contributed by atoms with Crippen molar-refractivity contribution in [3.8, 4) is 0 Å². The highest BCUT2D eigenvalue weighted by molar-refractivity contribution is 6.36. The normalized spacial score (nSPS) is 52.7. The van der Waals surface area contributed by atoms with Gasteiger partial charge in [0.2, 0.25) is 0 Å². The smallest absolute Gasteiger partial charge is 0.162 e. The van der Waals surface area contributed by atoms with Crippen LogP contribution in [0.2, 0.25) is 0 Å². The maximum Gasteiger partial charge on any atom is 0.162 e. The number of Topliss-reactive ketones (excluding diaryl/α,β-unsaturated/α-hetero) is 1. The van der Waals surface area contributed by atoms with Gasteiger partial charge >= 0.3 is 0 Å². The maximum atomic E-state index is 11.9. The van der Waals surface area contributed by atoms with Gasteiger partial charge in [0.05, 0.1) is 6.10 Å². The van der Waals surface area contributed by atoms with E-state index < -0.39 is 4.87 Å². The third-order valence-electron chi connectivity index (χ3n) is 3.43. The minimum Gasteiger partial charge on any atom is -0.364 e. The van der Waals surface area contributed by atoms with Crippen molar-refractivity contribution in [3.63, 3.8) is 0 Å². The van der Waals surface area contributed by atoms with E-state index in [0.717, 1.165) is 19.3 Å². The van der Waals surface area contributed by atoms with Crippen molar-refractivity contribution in [2.24, 2.45) is 5.92 Å². The Balaban J connectivity index is 2.09. The van der Waals surface area contributed by atoms with Gasteiger partial charge in [-0.25, -0.2) is 0 Å². The van der Waals surface area contributed by atoms with Crippen molar-refractivity contribution in [3.05, 3.63) is 12.2 Å². The van der Waals surface area contributed by atoms with Crippen LogP contribution in [0.5, 0.6) is 0 Å². The number of carbonyl (C=O) groups is 1. The molecule has 3 heteroatoms. The van der Waals surface area contributed by atoms with E-state index in [0.29, 0.717) is 0 Å². The first-order chi connectivity index (χ1) is 6.22. The summed E-state index contributed by atoms with van der Waals surface area (Å²) in [5.74, 6) is 0.243. The molecule has 0 spiro atoms. The molecule has 2 aliphatic heterocycles. The summed E-state index contributed by atoms with van der Waals surface area (Å²) < 4.78 is 5.67. The minimum atomic E-state index is -0.730. The van der Waals surface area contributed by atoms with E-state index in [1.165, 1.54) is 0 Å². The molecule has 0 radical (unpaired) electrons. The predicted octanol–water partition coefficient (Wildman–Crippen LogP) is 1.67. The van der Waals surface area contributed by atoms with Crippen molar-refractivity contribution in [1.82, 2.24) is 0 Å². The molecule has 0 amide bonds. The van der Waals surface area contributed by atoms with E-state index in [1.807, 2.05) is 12.2 Å². The molecule has 1 saturated heterocycles. The lowest BCUT2D eigenvalue weighted by Gasteiger charge is -2.43. The zero-order valence-electron chi connectivity index (χ0n) is 7.20. The average Bonchev–Trinajstić information content (AvgIpc) is 2.55. The molecule has 3 rings (SSSR count). The lowest BCUT2D eigenvalue weighted by Crippen LogP contribution is -2.56. The Bertz CT molecular complexity index is 299. The van der Waals surface area contributed by atoms with Crippen molar-refractivity contribution >= 4 is 17.4 Å². The highest BCUT2D eigenvalue weighted by Crippen LogP contribution is 2.47. The molecule has 2 fully saturated rings.